The lowest BCUT2D eigenvalue weighted by Crippen LogP contribution is -2.36. The second kappa shape index (κ2) is 7.57. The Bertz CT molecular complexity index is 652. The van der Waals surface area contributed by atoms with E-state index in [1.807, 2.05) is 29.2 Å². The van der Waals surface area contributed by atoms with Crippen molar-refractivity contribution in [3.63, 3.8) is 0 Å². The summed E-state index contributed by atoms with van der Waals surface area (Å²) in [4.78, 5) is 21.2. The molecule has 2 aromatic rings. The van der Waals surface area contributed by atoms with Gasteiger partial charge in [0.05, 0.1) is 0 Å². The van der Waals surface area contributed by atoms with Crippen LogP contribution in [0.25, 0.3) is 11.4 Å². The van der Waals surface area contributed by atoms with Crippen molar-refractivity contribution in [2.24, 2.45) is 5.92 Å². The number of aromatic nitrogens is 2. The molecule has 1 aliphatic rings. The van der Waals surface area contributed by atoms with Crippen LogP contribution in [-0.4, -0.2) is 58.6 Å². The number of hydrogen-bond acceptors (Lipinski definition) is 5. The number of carbonyl (C=O) groups is 1. The Morgan fingerprint density at radius 1 is 1.17 bits per heavy atom. The summed E-state index contributed by atoms with van der Waals surface area (Å²) < 4.78 is 4.75. The predicted octanol–water partition coefficient (Wildman–Crippen LogP) is 2.54. The molecular formula is C18H24N4O2. The molecule has 0 atom stereocenters. The van der Waals surface area contributed by atoms with Crippen LogP contribution in [0.5, 0.6) is 0 Å². The van der Waals surface area contributed by atoms with Gasteiger partial charge in [0.15, 0.2) is 0 Å². The minimum absolute atomic E-state index is 0.0982. The molecule has 0 aliphatic carbocycles. The maximum atomic E-state index is 12.7. The lowest BCUT2D eigenvalue weighted by Gasteiger charge is -2.23. The maximum absolute atomic E-state index is 12.7. The molecule has 24 heavy (non-hydrogen) atoms. The molecular weight excluding hydrogens is 304 g/mol. The van der Waals surface area contributed by atoms with Crippen molar-refractivity contribution in [2.75, 3.05) is 32.7 Å². The van der Waals surface area contributed by atoms with Crippen molar-refractivity contribution in [2.45, 2.75) is 20.3 Å². The third kappa shape index (κ3) is 4.00. The molecule has 0 saturated carbocycles. The first-order valence-electron chi connectivity index (χ1n) is 8.52. The first-order valence-corrected chi connectivity index (χ1v) is 8.52. The van der Waals surface area contributed by atoms with E-state index in [4.69, 9.17) is 4.52 Å². The Morgan fingerprint density at radius 2 is 1.96 bits per heavy atom. The van der Waals surface area contributed by atoms with E-state index in [9.17, 15) is 4.79 Å². The van der Waals surface area contributed by atoms with E-state index in [0.29, 0.717) is 17.3 Å². The van der Waals surface area contributed by atoms with Crippen molar-refractivity contribution in [1.82, 2.24) is 19.9 Å². The first kappa shape index (κ1) is 16.6. The standard InChI is InChI=1S/C18H24N4O2/c1-14(2)12-21-8-3-9-22(11-10-21)18(23)16-6-4-15(5-7-16)17-19-13-24-20-17/h4-7,13-14H,3,8-12H2,1-2H3. The van der Waals surface area contributed by atoms with Gasteiger partial charge in [0.2, 0.25) is 12.2 Å². The van der Waals surface area contributed by atoms with Gasteiger partial charge in [-0.1, -0.05) is 31.1 Å². The van der Waals surface area contributed by atoms with E-state index in [-0.39, 0.29) is 5.91 Å². The number of carbonyl (C=O) groups excluding carboxylic acids is 1. The molecule has 128 valence electrons. The summed E-state index contributed by atoms with van der Waals surface area (Å²) in [5, 5.41) is 3.81. The van der Waals surface area contributed by atoms with Crippen LogP contribution < -0.4 is 0 Å². The molecule has 1 aliphatic heterocycles. The van der Waals surface area contributed by atoms with E-state index >= 15 is 0 Å². The molecule has 6 heteroatoms. The quantitative estimate of drug-likeness (QED) is 0.863. The van der Waals surface area contributed by atoms with Gasteiger partial charge in [-0.05, 0) is 31.0 Å². The van der Waals surface area contributed by atoms with Gasteiger partial charge in [-0.15, -0.1) is 0 Å². The van der Waals surface area contributed by atoms with Gasteiger partial charge in [0.1, 0.15) is 0 Å². The minimum Gasteiger partial charge on any atom is -0.342 e. The number of benzene rings is 1. The number of amides is 1. The Balaban J connectivity index is 1.63. The van der Waals surface area contributed by atoms with Gasteiger partial charge < -0.3 is 14.3 Å². The molecule has 0 radical (unpaired) electrons. The Labute approximate surface area is 142 Å². The van der Waals surface area contributed by atoms with Crippen molar-refractivity contribution in [3.05, 3.63) is 36.2 Å². The summed E-state index contributed by atoms with van der Waals surface area (Å²) >= 11 is 0. The summed E-state index contributed by atoms with van der Waals surface area (Å²) in [5.74, 6) is 1.29. The van der Waals surface area contributed by atoms with Gasteiger partial charge >= 0.3 is 0 Å². The maximum Gasteiger partial charge on any atom is 0.253 e. The van der Waals surface area contributed by atoms with E-state index < -0.39 is 0 Å². The molecule has 1 aromatic heterocycles. The molecule has 0 bridgehead atoms. The second-order valence-corrected chi connectivity index (χ2v) is 6.67. The summed E-state index contributed by atoms with van der Waals surface area (Å²) in [5.41, 5.74) is 1.55. The molecule has 1 fully saturated rings. The van der Waals surface area contributed by atoms with Crippen LogP contribution >= 0.6 is 0 Å². The lowest BCUT2D eigenvalue weighted by atomic mass is 10.1. The number of nitrogens with zero attached hydrogens (tertiary/aromatic N) is 4. The first-order chi connectivity index (χ1) is 11.6. The molecule has 6 nitrogen and oxygen atoms in total. The van der Waals surface area contributed by atoms with Crippen molar-refractivity contribution in [1.29, 1.82) is 0 Å². The molecule has 3 rings (SSSR count). The third-order valence-corrected chi connectivity index (χ3v) is 4.25. The average molecular weight is 328 g/mol. The van der Waals surface area contributed by atoms with Crippen LogP contribution in [0.1, 0.15) is 30.6 Å². The fourth-order valence-electron chi connectivity index (χ4n) is 3.12. The Morgan fingerprint density at radius 3 is 2.62 bits per heavy atom. The van der Waals surface area contributed by atoms with Gasteiger partial charge in [-0.3, -0.25) is 4.79 Å². The van der Waals surface area contributed by atoms with Crippen LogP contribution in [0.4, 0.5) is 0 Å². The minimum atomic E-state index is 0.0982. The van der Waals surface area contributed by atoms with Gasteiger partial charge in [-0.25, -0.2) is 0 Å². The van der Waals surface area contributed by atoms with E-state index in [1.54, 1.807) is 0 Å². The van der Waals surface area contributed by atoms with Crippen LogP contribution in [-0.2, 0) is 0 Å². The molecule has 2 heterocycles. The van der Waals surface area contributed by atoms with Crippen molar-refractivity contribution >= 4 is 5.91 Å². The van der Waals surface area contributed by atoms with Gasteiger partial charge in [-0.2, -0.15) is 4.98 Å². The predicted molar refractivity (Wildman–Crippen MR) is 91.5 cm³/mol. The number of hydrogen-bond donors (Lipinski definition) is 0. The van der Waals surface area contributed by atoms with Crippen LogP contribution in [0.15, 0.2) is 35.2 Å². The molecule has 1 aromatic carbocycles. The fraction of sp³-hybridized carbons (Fsp3) is 0.500. The van der Waals surface area contributed by atoms with Gasteiger partial charge in [0, 0.05) is 37.3 Å². The largest absolute Gasteiger partial charge is 0.342 e. The highest BCUT2D eigenvalue weighted by molar-refractivity contribution is 5.94. The zero-order valence-electron chi connectivity index (χ0n) is 14.3. The zero-order valence-corrected chi connectivity index (χ0v) is 14.3. The highest BCUT2D eigenvalue weighted by Crippen LogP contribution is 2.17. The molecule has 1 amide bonds. The summed E-state index contributed by atoms with van der Waals surface area (Å²) in [6.45, 7) is 9.20. The van der Waals surface area contributed by atoms with Crippen molar-refractivity contribution < 1.29 is 9.32 Å². The van der Waals surface area contributed by atoms with Gasteiger partial charge in [0.25, 0.3) is 5.91 Å². The van der Waals surface area contributed by atoms with Crippen LogP contribution in [0.2, 0.25) is 0 Å². The highest BCUT2D eigenvalue weighted by atomic mass is 16.5. The Kier molecular flexibility index (Phi) is 5.25. The topological polar surface area (TPSA) is 62.5 Å². The van der Waals surface area contributed by atoms with Crippen LogP contribution in [0, 0.1) is 5.92 Å². The summed E-state index contributed by atoms with van der Waals surface area (Å²) in [6.07, 6.45) is 2.33. The molecule has 1 saturated heterocycles. The smallest absolute Gasteiger partial charge is 0.253 e. The highest BCUT2D eigenvalue weighted by Gasteiger charge is 2.20. The SMILES string of the molecule is CC(C)CN1CCCN(C(=O)c2ccc(-c3ncon3)cc2)CC1. The van der Waals surface area contributed by atoms with Crippen molar-refractivity contribution in [3.8, 4) is 11.4 Å². The van der Waals surface area contributed by atoms with Crippen LogP contribution in [0.3, 0.4) is 0 Å². The molecule has 0 unspecified atom stereocenters. The second-order valence-electron chi connectivity index (χ2n) is 6.67. The van der Waals surface area contributed by atoms with E-state index in [2.05, 4.69) is 28.9 Å². The third-order valence-electron chi connectivity index (χ3n) is 4.25. The normalized spacial score (nSPS) is 16.4. The average Bonchev–Trinajstić information content (AvgIpc) is 3.02. The molecule has 0 spiro atoms. The Hall–Kier alpha value is -2.21. The lowest BCUT2D eigenvalue weighted by molar-refractivity contribution is 0.0761. The number of rotatable bonds is 4. The summed E-state index contributed by atoms with van der Waals surface area (Å²) in [7, 11) is 0. The molecule has 0 N–H and O–H groups in total. The fourth-order valence-corrected chi connectivity index (χ4v) is 3.12. The monoisotopic (exact) mass is 328 g/mol. The van der Waals surface area contributed by atoms with E-state index in [0.717, 1.165) is 44.7 Å². The van der Waals surface area contributed by atoms with E-state index in [1.165, 1.54) is 6.39 Å². The summed E-state index contributed by atoms with van der Waals surface area (Å²) in [6, 6.07) is 7.40. The zero-order chi connectivity index (χ0) is 16.9.